The number of hydrogen-bond acceptors (Lipinski definition) is 5. The van der Waals surface area contributed by atoms with Gasteiger partial charge in [-0.05, 0) is 47.2 Å². The van der Waals surface area contributed by atoms with Crippen LogP contribution in [0.5, 0.6) is 0 Å². The number of nitrogens with zero attached hydrogens (tertiary/aromatic N) is 5. The zero-order valence-corrected chi connectivity index (χ0v) is 11.4. The van der Waals surface area contributed by atoms with Crippen LogP contribution >= 0.6 is 23.4 Å². The van der Waals surface area contributed by atoms with E-state index in [1.165, 1.54) is 0 Å². The van der Waals surface area contributed by atoms with Crippen LogP contribution in [0.1, 0.15) is 24.4 Å². The van der Waals surface area contributed by atoms with Gasteiger partial charge >= 0.3 is 6.18 Å². The van der Waals surface area contributed by atoms with Gasteiger partial charge in [0.1, 0.15) is 10.2 Å². The van der Waals surface area contributed by atoms with E-state index in [2.05, 4.69) is 20.5 Å². The molecule has 106 valence electrons. The van der Waals surface area contributed by atoms with Gasteiger partial charge in [0.2, 0.25) is 5.16 Å². The van der Waals surface area contributed by atoms with Crippen molar-refractivity contribution < 1.29 is 13.2 Å². The molecule has 1 aliphatic carbocycles. The molecule has 0 aromatic carbocycles. The van der Waals surface area contributed by atoms with Crippen molar-refractivity contribution in [1.82, 2.24) is 25.2 Å². The first-order valence-electron chi connectivity index (χ1n) is 5.64. The van der Waals surface area contributed by atoms with Crippen molar-refractivity contribution in [3.8, 4) is 0 Å². The summed E-state index contributed by atoms with van der Waals surface area (Å²) >= 11 is 6.59. The second-order valence-corrected chi connectivity index (χ2v) is 5.63. The molecular weight excluding hydrogens is 315 g/mol. The van der Waals surface area contributed by atoms with Crippen LogP contribution in [-0.4, -0.2) is 25.2 Å². The average Bonchev–Trinajstić information content (AvgIpc) is 3.09. The standard InChI is InChI=1S/C10H7ClF3N5S/c11-7-3-5(10(12,13)14)4-8(15-7)20-9-16-17-18-19(9)6-1-2-6/h3-4,6H,1-2H2. The molecule has 1 fully saturated rings. The van der Waals surface area contributed by atoms with Crippen LogP contribution in [0.25, 0.3) is 0 Å². The van der Waals surface area contributed by atoms with E-state index in [9.17, 15) is 13.2 Å². The molecular formula is C10H7ClF3N5S. The van der Waals surface area contributed by atoms with E-state index in [-0.39, 0.29) is 16.2 Å². The maximum Gasteiger partial charge on any atom is 0.416 e. The predicted octanol–water partition coefficient (Wildman–Crippen LogP) is 3.23. The minimum absolute atomic E-state index is 0.113. The fraction of sp³-hybridized carbons (Fsp3) is 0.400. The summed E-state index contributed by atoms with van der Waals surface area (Å²) in [5, 5.41) is 11.5. The van der Waals surface area contributed by atoms with E-state index in [1.807, 2.05) is 0 Å². The number of rotatable bonds is 3. The summed E-state index contributed by atoms with van der Waals surface area (Å²) < 4.78 is 39.7. The molecule has 5 nitrogen and oxygen atoms in total. The highest BCUT2D eigenvalue weighted by Crippen LogP contribution is 2.39. The fourth-order valence-corrected chi connectivity index (χ4v) is 2.72. The highest BCUT2D eigenvalue weighted by Gasteiger charge is 2.32. The van der Waals surface area contributed by atoms with Gasteiger partial charge < -0.3 is 0 Å². The lowest BCUT2D eigenvalue weighted by molar-refractivity contribution is -0.137. The molecule has 0 bridgehead atoms. The third kappa shape index (κ3) is 2.88. The first-order chi connectivity index (χ1) is 9.43. The lowest BCUT2D eigenvalue weighted by Crippen LogP contribution is -2.06. The van der Waals surface area contributed by atoms with E-state index >= 15 is 0 Å². The molecule has 0 unspecified atom stereocenters. The van der Waals surface area contributed by atoms with E-state index < -0.39 is 11.7 Å². The van der Waals surface area contributed by atoms with Gasteiger partial charge in [-0.1, -0.05) is 11.6 Å². The smallest absolute Gasteiger partial charge is 0.229 e. The molecule has 10 heteroatoms. The van der Waals surface area contributed by atoms with Crippen LogP contribution in [0, 0.1) is 0 Å². The summed E-state index contributed by atoms with van der Waals surface area (Å²) in [7, 11) is 0. The normalized spacial score (nSPS) is 15.6. The summed E-state index contributed by atoms with van der Waals surface area (Å²) in [4.78, 5) is 3.86. The Balaban J connectivity index is 1.90. The SMILES string of the molecule is FC(F)(F)c1cc(Cl)nc(Sc2nnnn2C2CC2)c1. The molecule has 0 N–H and O–H groups in total. The van der Waals surface area contributed by atoms with Gasteiger partial charge in [0.15, 0.2) is 0 Å². The molecule has 0 spiro atoms. The molecule has 0 atom stereocenters. The van der Waals surface area contributed by atoms with Crippen LogP contribution in [0.4, 0.5) is 13.2 Å². The summed E-state index contributed by atoms with van der Waals surface area (Å²) in [6.45, 7) is 0. The zero-order chi connectivity index (χ0) is 14.3. The van der Waals surface area contributed by atoms with E-state index in [4.69, 9.17) is 11.6 Å². The first kappa shape index (κ1) is 13.6. The predicted molar refractivity (Wildman–Crippen MR) is 64.5 cm³/mol. The monoisotopic (exact) mass is 321 g/mol. The Bertz CT molecular complexity index is 640. The van der Waals surface area contributed by atoms with Crippen molar-refractivity contribution >= 4 is 23.4 Å². The third-order valence-electron chi connectivity index (χ3n) is 2.65. The molecule has 1 saturated carbocycles. The molecule has 2 aromatic rings. The summed E-state index contributed by atoms with van der Waals surface area (Å²) in [5.41, 5.74) is -0.842. The van der Waals surface area contributed by atoms with Crippen LogP contribution in [0.15, 0.2) is 22.3 Å². The van der Waals surface area contributed by atoms with Gasteiger partial charge in [-0.3, -0.25) is 0 Å². The molecule has 0 radical (unpaired) electrons. The number of halogens is 4. The molecule has 2 heterocycles. The maximum atomic E-state index is 12.7. The molecule has 3 rings (SSSR count). The van der Waals surface area contributed by atoms with Crippen LogP contribution in [0.2, 0.25) is 5.15 Å². The number of hydrogen-bond donors (Lipinski definition) is 0. The van der Waals surface area contributed by atoms with Gasteiger partial charge in [-0.25, -0.2) is 9.67 Å². The maximum absolute atomic E-state index is 12.7. The Hall–Kier alpha value is -1.35. The van der Waals surface area contributed by atoms with Crippen LogP contribution < -0.4 is 0 Å². The van der Waals surface area contributed by atoms with Crippen molar-refractivity contribution in [2.24, 2.45) is 0 Å². The largest absolute Gasteiger partial charge is 0.416 e. The first-order valence-corrected chi connectivity index (χ1v) is 6.83. The Morgan fingerprint density at radius 1 is 1.30 bits per heavy atom. The lowest BCUT2D eigenvalue weighted by atomic mass is 10.3. The molecule has 2 aromatic heterocycles. The van der Waals surface area contributed by atoms with Gasteiger partial charge in [0, 0.05) is 0 Å². The Morgan fingerprint density at radius 2 is 2.05 bits per heavy atom. The number of alkyl halides is 3. The Kier molecular flexibility index (Phi) is 3.33. The fourth-order valence-electron chi connectivity index (χ4n) is 1.58. The van der Waals surface area contributed by atoms with Crippen LogP contribution in [0.3, 0.4) is 0 Å². The molecule has 0 saturated heterocycles. The average molecular weight is 322 g/mol. The van der Waals surface area contributed by atoms with Crippen molar-refractivity contribution in [1.29, 1.82) is 0 Å². The van der Waals surface area contributed by atoms with Crippen LogP contribution in [-0.2, 0) is 6.18 Å². The number of aromatic nitrogens is 5. The summed E-state index contributed by atoms with van der Waals surface area (Å²) in [6, 6.07) is 1.95. The van der Waals surface area contributed by atoms with E-state index in [0.717, 1.165) is 36.7 Å². The highest BCUT2D eigenvalue weighted by molar-refractivity contribution is 7.99. The van der Waals surface area contributed by atoms with Crippen molar-refractivity contribution in [3.05, 3.63) is 22.8 Å². The summed E-state index contributed by atoms with van der Waals surface area (Å²) in [5.74, 6) is 0. The van der Waals surface area contributed by atoms with E-state index in [1.54, 1.807) is 4.68 Å². The Morgan fingerprint density at radius 3 is 2.70 bits per heavy atom. The zero-order valence-electron chi connectivity index (χ0n) is 9.80. The number of pyridine rings is 1. The second-order valence-electron chi connectivity index (χ2n) is 4.25. The molecule has 0 aliphatic heterocycles. The molecule has 1 aliphatic rings. The number of tetrazole rings is 1. The van der Waals surface area contributed by atoms with Gasteiger partial charge in [0.25, 0.3) is 0 Å². The highest BCUT2D eigenvalue weighted by atomic mass is 35.5. The minimum atomic E-state index is -4.47. The summed E-state index contributed by atoms with van der Waals surface area (Å²) in [6.07, 6.45) is -2.53. The van der Waals surface area contributed by atoms with Gasteiger partial charge in [-0.2, -0.15) is 13.2 Å². The van der Waals surface area contributed by atoms with Crippen molar-refractivity contribution in [2.75, 3.05) is 0 Å². The minimum Gasteiger partial charge on any atom is -0.229 e. The molecule has 0 amide bonds. The van der Waals surface area contributed by atoms with Crippen molar-refractivity contribution in [2.45, 2.75) is 35.2 Å². The third-order valence-corrected chi connectivity index (χ3v) is 3.71. The van der Waals surface area contributed by atoms with Crippen molar-refractivity contribution in [3.63, 3.8) is 0 Å². The molecule has 20 heavy (non-hydrogen) atoms. The second kappa shape index (κ2) is 4.88. The topological polar surface area (TPSA) is 56.5 Å². The Labute approximate surface area is 120 Å². The van der Waals surface area contributed by atoms with Gasteiger partial charge in [0.05, 0.1) is 11.6 Å². The quantitative estimate of drug-likeness (QED) is 0.812. The van der Waals surface area contributed by atoms with E-state index in [0.29, 0.717) is 5.16 Å². The lowest BCUT2D eigenvalue weighted by Gasteiger charge is -2.08. The van der Waals surface area contributed by atoms with Gasteiger partial charge in [-0.15, -0.1) is 5.10 Å².